The number of aryl methyl sites for hydroxylation is 2. The molecule has 0 saturated carbocycles. The maximum absolute atomic E-state index is 13.6. The van der Waals surface area contributed by atoms with E-state index in [-0.39, 0.29) is 5.91 Å². The molecule has 0 bridgehead atoms. The lowest BCUT2D eigenvalue weighted by atomic mass is 10.0. The highest BCUT2D eigenvalue weighted by Gasteiger charge is 2.26. The number of rotatable bonds is 10. The third-order valence-corrected chi connectivity index (χ3v) is 8.05. The van der Waals surface area contributed by atoms with Crippen molar-refractivity contribution in [2.45, 2.75) is 51.1 Å². The smallest absolute Gasteiger partial charge is 0.257 e. The van der Waals surface area contributed by atoms with Crippen molar-refractivity contribution >= 4 is 40.3 Å². The molecule has 39 heavy (non-hydrogen) atoms. The van der Waals surface area contributed by atoms with Gasteiger partial charge in [0, 0.05) is 16.5 Å². The van der Waals surface area contributed by atoms with Crippen molar-refractivity contribution in [2.75, 3.05) is 5.75 Å². The topological polar surface area (TPSA) is 73.0 Å². The number of imidazole rings is 1. The minimum Gasteiger partial charge on any atom is -0.361 e. The minimum absolute atomic E-state index is 0.229. The predicted octanol–water partition coefficient (Wildman–Crippen LogP) is 7.56. The van der Waals surface area contributed by atoms with E-state index in [1.54, 1.807) is 13.8 Å². The van der Waals surface area contributed by atoms with E-state index < -0.39 is 6.04 Å². The van der Waals surface area contributed by atoms with E-state index in [0.29, 0.717) is 35.0 Å². The Morgan fingerprint density at radius 1 is 1.05 bits per heavy atom. The molecule has 0 radical (unpaired) electrons. The van der Waals surface area contributed by atoms with Crippen molar-refractivity contribution in [3.63, 3.8) is 0 Å². The maximum atomic E-state index is 13.6. The zero-order chi connectivity index (χ0) is 27.4. The van der Waals surface area contributed by atoms with Gasteiger partial charge in [0.25, 0.3) is 5.91 Å². The Hall–Kier alpha value is -3.55. The molecule has 0 aliphatic carbocycles. The summed E-state index contributed by atoms with van der Waals surface area (Å²) >= 11 is 8.16. The fraction of sp³-hybridized carbons (Fsp3) is 0.258. The lowest BCUT2D eigenvalue weighted by molar-refractivity contribution is 0.0932. The Morgan fingerprint density at radius 3 is 2.56 bits per heavy atom. The number of carbonyl (C=O) groups is 1. The van der Waals surface area contributed by atoms with Gasteiger partial charge in [-0.3, -0.25) is 4.79 Å². The highest BCUT2D eigenvalue weighted by Crippen LogP contribution is 2.30. The van der Waals surface area contributed by atoms with Gasteiger partial charge in [-0.2, -0.15) is 0 Å². The molecule has 6 nitrogen and oxygen atoms in total. The number of halogens is 1. The molecule has 0 spiro atoms. The third-order valence-electron chi connectivity index (χ3n) is 6.61. The van der Waals surface area contributed by atoms with Gasteiger partial charge in [-0.25, -0.2) is 4.98 Å². The van der Waals surface area contributed by atoms with Crippen LogP contribution in [0.3, 0.4) is 0 Å². The first-order valence-corrected chi connectivity index (χ1v) is 14.4. The second-order valence-corrected chi connectivity index (χ2v) is 11.2. The third kappa shape index (κ3) is 6.21. The predicted molar refractivity (Wildman–Crippen MR) is 158 cm³/mol. The Balaban J connectivity index is 1.62. The Labute approximate surface area is 237 Å². The van der Waals surface area contributed by atoms with Gasteiger partial charge in [0.2, 0.25) is 0 Å². The zero-order valence-electron chi connectivity index (χ0n) is 22.3. The van der Waals surface area contributed by atoms with Crippen LogP contribution in [0.1, 0.15) is 58.1 Å². The molecule has 1 amide bonds. The van der Waals surface area contributed by atoms with Gasteiger partial charge in [-0.05, 0) is 73.9 Å². The molecule has 3 aromatic carbocycles. The first-order chi connectivity index (χ1) is 18.9. The van der Waals surface area contributed by atoms with Crippen LogP contribution in [0, 0.1) is 13.8 Å². The number of carbonyl (C=O) groups excluding carboxylic acids is 1. The van der Waals surface area contributed by atoms with Crippen LogP contribution in [0.4, 0.5) is 0 Å². The van der Waals surface area contributed by atoms with Gasteiger partial charge in [0.15, 0.2) is 0 Å². The maximum Gasteiger partial charge on any atom is 0.257 e. The van der Waals surface area contributed by atoms with E-state index in [1.165, 1.54) is 4.90 Å². The quantitative estimate of drug-likeness (QED) is 0.179. The van der Waals surface area contributed by atoms with E-state index in [4.69, 9.17) is 21.1 Å². The van der Waals surface area contributed by atoms with Crippen molar-refractivity contribution in [1.82, 2.24) is 20.0 Å². The van der Waals surface area contributed by atoms with Crippen LogP contribution in [0.2, 0.25) is 5.02 Å². The largest absolute Gasteiger partial charge is 0.361 e. The number of hydrogen-bond acceptors (Lipinski definition) is 5. The van der Waals surface area contributed by atoms with Gasteiger partial charge in [0.1, 0.15) is 17.1 Å². The van der Waals surface area contributed by atoms with Crippen molar-refractivity contribution in [3.8, 4) is 0 Å². The molecular formula is C31H31ClN4O2S. The summed E-state index contributed by atoms with van der Waals surface area (Å²) in [4.78, 5) is 19.9. The van der Waals surface area contributed by atoms with Crippen molar-refractivity contribution in [1.29, 1.82) is 0 Å². The molecule has 1 N–H and O–H groups in total. The van der Waals surface area contributed by atoms with E-state index in [0.717, 1.165) is 40.2 Å². The van der Waals surface area contributed by atoms with E-state index in [9.17, 15) is 4.79 Å². The zero-order valence-corrected chi connectivity index (χ0v) is 23.9. The number of fused-ring (bicyclic) bond motifs is 1. The molecule has 0 saturated heterocycles. The van der Waals surface area contributed by atoms with Gasteiger partial charge in [-0.1, -0.05) is 66.1 Å². The summed E-state index contributed by atoms with van der Waals surface area (Å²) in [6.07, 6.45) is 1.68. The normalized spacial score (nSPS) is 12.1. The summed E-state index contributed by atoms with van der Waals surface area (Å²) < 4.78 is 7.47. The summed E-state index contributed by atoms with van der Waals surface area (Å²) in [5.41, 5.74) is 5.09. The number of nitrogens with zero attached hydrogens (tertiary/aromatic N) is 3. The van der Waals surface area contributed by atoms with Crippen LogP contribution in [0.15, 0.2) is 82.2 Å². The molecule has 0 aliphatic heterocycles. The summed E-state index contributed by atoms with van der Waals surface area (Å²) in [6, 6.07) is 24.0. The number of nitrogens with one attached hydrogen (secondary N) is 1. The molecule has 1 unspecified atom stereocenters. The Bertz CT molecular complexity index is 1580. The van der Waals surface area contributed by atoms with Crippen molar-refractivity contribution in [3.05, 3.63) is 112 Å². The van der Waals surface area contributed by atoms with Gasteiger partial charge in [0.05, 0.1) is 22.8 Å². The van der Waals surface area contributed by atoms with Crippen LogP contribution in [0.5, 0.6) is 0 Å². The molecular weight excluding hydrogens is 528 g/mol. The molecule has 5 aromatic rings. The Morgan fingerprint density at radius 2 is 1.85 bits per heavy atom. The van der Waals surface area contributed by atoms with Crippen LogP contribution in [-0.4, -0.2) is 26.4 Å². The molecule has 2 heterocycles. The van der Waals surface area contributed by atoms with E-state index in [1.807, 2.05) is 48.2 Å². The first-order valence-electron chi connectivity index (χ1n) is 13.1. The first kappa shape index (κ1) is 27.0. The van der Waals surface area contributed by atoms with Crippen molar-refractivity contribution < 1.29 is 9.32 Å². The number of benzene rings is 3. The second kappa shape index (κ2) is 12.1. The highest BCUT2D eigenvalue weighted by atomic mass is 35.5. The lowest BCUT2D eigenvalue weighted by Gasteiger charge is -2.21. The standard InChI is InChI=1S/C31H31ClN4O2S/c1-4-15-39-25-13-14-28-26(18-25)33-30(36(28)19-23-11-8-12-24(32)16-23)27(17-22-9-6-5-7-10-22)34-31(37)29-20(2)35-38-21(29)3/h5-14,16,18,27H,4,15,17,19H2,1-3H3,(H,34,37). The monoisotopic (exact) mass is 558 g/mol. The van der Waals surface area contributed by atoms with Crippen LogP contribution in [-0.2, 0) is 13.0 Å². The van der Waals surface area contributed by atoms with Crippen molar-refractivity contribution in [2.24, 2.45) is 0 Å². The summed E-state index contributed by atoms with van der Waals surface area (Å²) in [5, 5.41) is 7.92. The number of amides is 1. The Kier molecular flexibility index (Phi) is 8.38. The number of hydrogen-bond donors (Lipinski definition) is 1. The number of thioether (sulfide) groups is 1. The SMILES string of the molecule is CCCSc1ccc2c(c1)nc(C(Cc1ccccc1)NC(=O)c1c(C)noc1C)n2Cc1cccc(Cl)c1. The van der Waals surface area contributed by atoms with E-state index in [2.05, 4.69) is 58.4 Å². The summed E-state index contributed by atoms with van der Waals surface area (Å²) in [5.74, 6) is 2.10. The van der Waals surface area contributed by atoms with Crippen LogP contribution >= 0.6 is 23.4 Å². The molecule has 2 aromatic heterocycles. The molecule has 200 valence electrons. The van der Waals surface area contributed by atoms with Gasteiger partial charge >= 0.3 is 0 Å². The molecule has 0 aliphatic rings. The highest BCUT2D eigenvalue weighted by molar-refractivity contribution is 7.99. The fourth-order valence-corrected chi connectivity index (χ4v) is 5.79. The fourth-order valence-electron chi connectivity index (χ4n) is 4.78. The summed E-state index contributed by atoms with van der Waals surface area (Å²) in [6.45, 7) is 6.28. The molecule has 1 atom stereocenters. The molecule has 5 rings (SSSR count). The second-order valence-electron chi connectivity index (χ2n) is 9.60. The number of aromatic nitrogens is 3. The average Bonchev–Trinajstić information content (AvgIpc) is 3.46. The van der Waals surface area contributed by atoms with E-state index >= 15 is 0 Å². The summed E-state index contributed by atoms with van der Waals surface area (Å²) in [7, 11) is 0. The average molecular weight is 559 g/mol. The van der Waals surface area contributed by atoms with Gasteiger partial charge in [-0.15, -0.1) is 11.8 Å². The lowest BCUT2D eigenvalue weighted by Crippen LogP contribution is -2.32. The molecule has 8 heteroatoms. The van der Waals surface area contributed by atoms with Gasteiger partial charge < -0.3 is 14.4 Å². The molecule has 0 fully saturated rings. The minimum atomic E-state index is -0.396. The van der Waals surface area contributed by atoms with Crippen LogP contribution in [0.25, 0.3) is 11.0 Å². The van der Waals surface area contributed by atoms with Crippen LogP contribution < -0.4 is 5.32 Å².